The summed E-state index contributed by atoms with van der Waals surface area (Å²) in [6, 6.07) is 12.0. The highest BCUT2D eigenvalue weighted by atomic mass is 35.5. The molecule has 2 aliphatic rings. The molecule has 9 nitrogen and oxygen atoms in total. The molecule has 0 spiro atoms. The SMILES string of the molecule is Cl.OCC1(c2ccc(Cl)cc2)CCN(c2cccn3nc(Nc4cnn(CC5CCNCC5)c4)nc23)CC1. The molecule has 0 atom stereocenters. The Morgan fingerprint density at radius 2 is 1.87 bits per heavy atom. The Hall–Kier alpha value is -2.85. The van der Waals surface area contributed by atoms with Gasteiger partial charge in [0.05, 0.1) is 24.2 Å². The quantitative estimate of drug-likeness (QED) is 0.312. The fourth-order valence-corrected chi connectivity index (χ4v) is 5.82. The van der Waals surface area contributed by atoms with E-state index >= 15 is 0 Å². The molecule has 0 radical (unpaired) electrons. The number of aliphatic hydroxyl groups excluding tert-OH is 1. The second kappa shape index (κ2) is 11.5. The van der Waals surface area contributed by atoms with Crippen LogP contribution >= 0.6 is 24.0 Å². The molecule has 3 N–H and O–H groups in total. The number of hydrogen-bond acceptors (Lipinski definition) is 7. The van der Waals surface area contributed by atoms with E-state index in [2.05, 4.69) is 31.8 Å². The molecule has 4 aromatic rings. The predicted octanol–water partition coefficient (Wildman–Crippen LogP) is 4.27. The third kappa shape index (κ3) is 5.47. The number of aromatic nitrogens is 5. The number of nitrogens with zero attached hydrogens (tertiary/aromatic N) is 6. The van der Waals surface area contributed by atoms with E-state index < -0.39 is 0 Å². The molecule has 11 heteroatoms. The van der Waals surface area contributed by atoms with Gasteiger partial charge in [-0.15, -0.1) is 17.5 Å². The van der Waals surface area contributed by atoms with Gasteiger partial charge >= 0.3 is 0 Å². The van der Waals surface area contributed by atoms with E-state index in [4.69, 9.17) is 16.6 Å². The van der Waals surface area contributed by atoms with Crippen molar-refractivity contribution in [1.29, 1.82) is 0 Å². The summed E-state index contributed by atoms with van der Waals surface area (Å²) >= 11 is 6.09. The smallest absolute Gasteiger partial charge is 0.247 e. The lowest BCUT2D eigenvalue weighted by atomic mass is 9.73. The first kappa shape index (κ1) is 26.7. The summed E-state index contributed by atoms with van der Waals surface area (Å²) in [6.45, 7) is 4.88. The van der Waals surface area contributed by atoms with Crippen molar-refractivity contribution in [3.8, 4) is 0 Å². The summed E-state index contributed by atoms with van der Waals surface area (Å²) in [5.74, 6) is 1.22. The monoisotopic (exact) mass is 556 g/mol. The maximum Gasteiger partial charge on any atom is 0.247 e. The van der Waals surface area contributed by atoms with E-state index in [0.717, 1.165) is 68.2 Å². The summed E-state index contributed by atoms with van der Waals surface area (Å²) in [5.41, 5.74) is 3.65. The minimum Gasteiger partial charge on any atom is -0.395 e. The van der Waals surface area contributed by atoms with Crippen molar-refractivity contribution < 1.29 is 5.11 Å². The molecule has 202 valence electrons. The van der Waals surface area contributed by atoms with Crippen LogP contribution in [0.1, 0.15) is 31.2 Å². The Kier molecular flexibility index (Phi) is 8.09. The molecule has 0 amide bonds. The first-order valence-electron chi connectivity index (χ1n) is 13.1. The zero-order valence-electron chi connectivity index (χ0n) is 21.3. The van der Waals surface area contributed by atoms with Crippen molar-refractivity contribution in [2.24, 2.45) is 5.92 Å². The summed E-state index contributed by atoms with van der Waals surface area (Å²) in [7, 11) is 0. The lowest BCUT2D eigenvalue weighted by molar-refractivity contribution is 0.165. The number of pyridine rings is 1. The van der Waals surface area contributed by atoms with Crippen LogP contribution in [0.25, 0.3) is 5.65 Å². The van der Waals surface area contributed by atoms with Gasteiger partial charge in [-0.2, -0.15) is 10.1 Å². The molecule has 2 saturated heterocycles. The van der Waals surface area contributed by atoms with Gasteiger partial charge in [-0.05, 0) is 74.5 Å². The van der Waals surface area contributed by atoms with Gasteiger partial charge in [0.15, 0.2) is 5.65 Å². The highest BCUT2D eigenvalue weighted by Gasteiger charge is 2.36. The number of nitrogens with one attached hydrogen (secondary N) is 2. The van der Waals surface area contributed by atoms with Crippen LogP contribution in [0.3, 0.4) is 0 Å². The van der Waals surface area contributed by atoms with E-state index in [-0.39, 0.29) is 24.4 Å². The van der Waals surface area contributed by atoms with Crippen molar-refractivity contribution >= 4 is 47.0 Å². The van der Waals surface area contributed by atoms with Gasteiger partial charge in [0.2, 0.25) is 5.95 Å². The average Bonchev–Trinajstić information content (AvgIpc) is 3.56. The van der Waals surface area contributed by atoms with E-state index in [9.17, 15) is 5.11 Å². The molecule has 3 aromatic heterocycles. The van der Waals surface area contributed by atoms with Crippen LogP contribution in [0.15, 0.2) is 55.0 Å². The zero-order chi connectivity index (χ0) is 25.2. The number of hydrogen-bond donors (Lipinski definition) is 3. The van der Waals surface area contributed by atoms with Crippen molar-refractivity contribution in [2.75, 3.05) is 43.0 Å². The summed E-state index contributed by atoms with van der Waals surface area (Å²) in [5, 5.41) is 27.0. The van der Waals surface area contributed by atoms with E-state index in [1.54, 1.807) is 0 Å². The predicted molar refractivity (Wildman–Crippen MR) is 153 cm³/mol. The molecule has 1 aromatic carbocycles. The van der Waals surface area contributed by atoms with Gasteiger partial charge in [-0.1, -0.05) is 23.7 Å². The molecule has 0 aliphatic carbocycles. The highest BCUT2D eigenvalue weighted by Crippen LogP contribution is 2.38. The van der Waals surface area contributed by atoms with Crippen LogP contribution in [0.4, 0.5) is 17.3 Å². The number of aliphatic hydroxyl groups is 1. The molecule has 38 heavy (non-hydrogen) atoms. The average molecular weight is 558 g/mol. The third-order valence-electron chi connectivity index (χ3n) is 7.96. The van der Waals surface area contributed by atoms with E-state index in [1.165, 1.54) is 12.8 Å². The Bertz CT molecular complexity index is 1340. The third-order valence-corrected chi connectivity index (χ3v) is 8.21. The minimum atomic E-state index is -0.249. The topological polar surface area (TPSA) is 95.5 Å². The molecule has 0 bridgehead atoms. The molecule has 6 rings (SSSR count). The van der Waals surface area contributed by atoms with Crippen LogP contribution in [-0.4, -0.2) is 62.3 Å². The molecule has 0 unspecified atom stereocenters. The number of anilines is 3. The fraction of sp³-hybridized carbons (Fsp3) is 0.444. The first-order valence-corrected chi connectivity index (χ1v) is 13.5. The van der Waals surface area contributed by atoms with Crippen LogP contribution in [0.2, 0.25) is 5.02 Å². The molecule has 2 aliphatic heterocycles. The van der Waals surface area contributed by atoms with Crippen LogP contribution in [-0.2, 0) is 12.0 Å². The normalized spacial score (nSPS) is 17.9. The minimum absolute atomic E-state index is 0. The van der Waals surface area contributed by atoms with Crippen molar-refractivity contribution in [1.82, 2.24) is 29.7 Å². The molecular formula is C27H34Cl2N8O. The Labute approximate surface area is 233 Å². The molecule has 5 heterocycles. The molecular weight excluding hydrogens is 523 g/mol. The van der Waals surface area contributed by atoms with Gasteiger partial charge in [0.25, 0.3) is 0 Å². The second-order valence-corrected chi connectivity index (χ2v) is 10.7. The number of rotatable bonds is 7. The lowest BCUT2D eigenvalue weighted by Crippen LogP contribution is -2.45. The molecule has 2 fully saturated rings. The number of piperidine rings is 2. The maximum absolute atomic E-state index is 10.3. The molecule has 0 saturated carbocycles. The van der Waals surface area contributed by atoms with Gasteiger partial charge < -0.3 is 20.6 Å². The first-order chi connectivity index (χ1) is 18.1. The van der Waals surface area contributed by atoms with E-state index in [0.29, 0.717) is 16.9 Å². The number of fused-ring (bicyclic) bond motifs is 1. The van der Waals surface area contributed by atoms with Crippen molar-refractivity contribution in [3.05, 3.63) is 65.6 Å². The van der Waals surface area contributed by atoms with Crippen LogP contribution in [0.5, 0.6) is 0 Å². The van der Waals surface area contributed by atoms with Gasteiger partial charge in [-0.25, -0.2) is 4.52 Å². The maximum atomic E-state index is 10.3. The standard InChI is InChI=1S/C27H33ClN8O.ClH/c28-22-5-3-21(4-6-22)27(19-37)9-14-34(15-10-27)24-2-1-13-36-25(24)32-26(33-36)31-23-16-30-35(18-23)17-20-7-11-29-12-8-20;/h1-6,13,16,18,20,29,37H,7-12,14-15,17,19H2,(H,31,33);1H. The van der Waals surface area contributed by atoms with Crippen molar-refractivity contribution in [3.63, 3.8) is 0 Å². The van der Waals surface area contributed by atoms with Crippen LogP contribution < -0.4 is 15.5 Å². The number of benzene rings is 1. The zero-order valence-corrected chi connectivity index (χ0v) is 22.8. The Morgan fingerprint density at radius 3 is 2.61 bits per heavy atom. The van der Waals surface area contributed by atoms with Gasteiger partial charge in [0, 0.05) is 42.5 Å². The number of halogens is 2. The van der Waals surface area contributed by atoms with E-state index in [1.807, 2.05) is 58.1 Å². The summed E-state index contributed by atoms with van der Waals surface area (Å²) < 4.78 is 3.84. The highest BCUT2D eigenvalue weighted by molar-refractivity contribution is 6.30. The lowest BCUT2D eigenvalue weighted by Gasteiger charge is -2.42. The van der Waals surface area contributed by atoms with Gasteiger partial charge in [0.1, 0.15) is 0 Å². The Morgan fingerprint density at radius 1 is 1.11 bits per heavy atom. The summed E-state index contributed by atoms with van der Waals surface area (Å²) in [6.07, 6.45) is 9.87. The summed E-state index contributed by atoms with van der Waals surface area (Å²) in [4.78, 5) is 7.16. The Balaban J connectivity index is 0.00000294. The fourth-order valence-electron chi connectivity index (χ4n) is 5.69. The van der Waals surface area contributed by atoms with Crippen molar-refractivity contribution in [2.45, 2.75) is 37.6 Å². The second-order valence-electron chi connectivity index (χ2n) is 10.3. The van der Waals surface area contributed by atoms with Crippen LogP contribution in [0, 0.1) is 5.92 Å². The van der Waals surface area contributed by atoms with Gasteiger partial charge in [-0.3, -0.25) is 4.68 Å². The largest absolute Gasteiger partial charge is 0.395 e.